The number of nitrogen functional groups attached to an aromatic ring is 1. The first-order valence-electron chi connectivity index (χ1n) is 8.63. The van der Waals surface area contributed by atoms with Gasteiger partial charge in [0.15, 0.2) is 0 Å². The van der Waals surface area contributed by atoms with E-state index < -0.39 is 0 Å². The normalized spacial score (nSPS) is 13.8. The van der Waals surface area contributed by atoms with Gasteiger partial charge in [-0.3, -0.25) is 4.79 Å². The molecule has 2 N–H and O–H groups in total. The predicted molar refractivity (Wildman–Crippen MR) is 108 cm³/mol. The molecule has 0 radical (unpaired) electrons. The van der Waals surface area contributed by atoms with Crippen molar-refractivity contribution in [2.24, 2.45) is 0 Å². The van der Waals surface area contributed by atoms with E-state index >= 15 is 0 Å². The highest BCUT2D eigenvalue weighted by Gasteiger charge is 2.30. The number of nitrogens with zero attached hydrogens (tertiary/aromatic N) is 1. The first-order chi connectivity index (χ1) is 11.4. The highest BCUT2D eigenvalue weighted by molar-refractivity contribution is 5.96. The molecule has 1 aliphatic heterocycles. The van der Waals surface area contributed by atoms with Gasteiger partial charge in [0.05, 0.1) is 0 Å². The number of rotatable bonds is 3. The zero-order valence-electron chi connectivity index (χ0n) is 15.2. The number of nitrogens with two attached hydrogens (primary N) is 1. The molecule has 0 fully saturated rings. The Kier molecular flexibility index (Phi) is 5.79. The van der Waals surface area contributed by atoms with Gasteiger partial charge in [-0.1, -0.05) is 49.7 Å². The molecule has 1 amide bonds. The predicted octanol–water partition coefficient (Wildman–Crippen LogP) is 4.65. The third-order valence-corrected chi connectivity index (χ3v) is 5.01. The van der Waals surface area contributed by atoms with E-state index in [1.165, 1.54) is 11.1 Å². The molecule has 0 unspecified atom stereocenters. The second kappa shape index (κ2) is 7.49. The van der Waals surface area contributed by atoms with Crippen LogP contribution in [-0.2, 0) is 16.6 Å². The van der Waals surface area contributed by atoms with Crippen molar-refractivity contribution in [1.29, 1.82) is 0 Å². The van der Waals surface area contributed by atoms with E-state index in [-0.39, 0.29) is 23.7 Å². The van der Waals surface area contributed by atoms with Crippen LogP contribution in [0.3, 0.4) is 0 Å². The summed E-state index contributed by atoms with van der Waals surface area (Å²) in [6.07, 6.45) is 2.41. The molecule has 25 heavy (non-hydrogen) atoms. The van der Waals surface area contributed by atoms with Crippen LogP contribution in [0.15, 0.2) is 42.5 Å². The summed E-state index contributed by atoms with van der Waals surface area (Å²) in [5.74, 6) is 0.173. The van der Waals surface area contributed by atoms with Gasteiger partial charge in [0.2, 0.25) is 5.91 Å². The van der Waals surface area contributed by atoms with Crippen LogP contribution in [0.1, 0.15) is 43.4 Å². The van der Waals surface area contributed by atoms with E-state index in [4.69, 9.17) is 5.73 Å². The second-order valence-electron chi connectivity index (χ2n) is 7.42. The molecule has 1 heterocycles. The molecule has 3 nitrogen and oxygen atoms in total. The largest absolute Gasteiger partial charge is 0.398 e. The zero-order valence-corrected chi connectivity index (χ0v) is 16.0. The molecule has 2 aromatic rings. The lowest BCUT2D eigenvalue weighted by Crippen LogP contribution is -2.39. The Morgan fingerprint density at radius 3 is 2.52 bits per heavy atom. The molecule has 2 aromatic carbocycles. The molecule has 1 aliphatic rings. The minimum absolute atomic E-state index is 0. The zero-order chi connectivity index (χ0) is 17.3. The lowest BCUT2D eigenvalue weighted by atomic mass is 9.80. The van der Waals surface area contributed by atoms with Crippen LogP contribution < -0.4 is 10.6 Å². The maximum absolute atomic E-state index is 13.0. The Hall–Kier alpha value is -2.00. The number of aryl methyl sites for hydroxylation is 1. The smallest absolute Gasteiger partial charge is 0.227 e. The SMILES string of the molecule is Cc1ccc(C(C)(C)CC(=O)N2CCCc3c(N)cccc32)cc1.Cl. The summed E-state index contributed by atoms with van der Waals surface area (Å²) in [7, 11) is 0. The highest BCUT2D eigenvalue weighted by atomic mass is 35.5. The van der Waals surface area contributed by atoms with Gasteiger partial charge in [-0.05, 0) is 48.4 Å². The Morgan fingerprint density at radius 2 is 1.84 bits per heavy atom. The number of hydrogen-bond acceptors (Lipinski definition) is 2. The molecule has 4 heteroatoms. The van der Waals surface area contributed by atoms with Crippen LogP contribution in [0.5, 0.6) is 0 Å². The Bertz CT molecular complexity index is 753. The number of hydrogen-bond donors (Lipinski definition) is 1. The van der Waals surface area contributed by atoms with Gasteiger partial charge in [-0.2, -0.15) is 0 Å². The number of benzene rings is 2. The van der Waals surface area contributed by atoms with Gasteiger partial charge in [0.1, 0.15) is 0 Å². The number of amides is 1. The topological polar surface area (TPSA) is 46.3 Å². The van der Waals surface area contributed by atoms with Gasteiger partial charge in [-0.25, -0.2) is 0 Å². The molecule has 3 rings (SSSR count). The molecule has 0 spiro atoms. The minimum atomic E-state index is -0.192. The van der Waals surface area contributed by atoms with Crippen LogP contribution in [0, 0.1) is 6.92 Å². The van der Waals surface area contributed by atoms with Gasteiger partial charge in [-0.15, -0.1) is 12.4 Å². The van der Waals surface area contributed by atoms with Crippen molar-refractivity contribution >= 4 is 29.7 Å². The Balaban J connectivity index is 0.00000225. The molecule has 0 saturated carbocycles. The van der Waals surface area contributed by atoms with E-state index in [1.807, 2.05) is 23.1 Å². The van der Waals surface area contributed by atoms with Crippen LogP contribution in [-0.4, -0.2) is 12.5 Å². The summed E-state index contributed by atoms with van der Waals surface area (Å²) < 4.78 is 0. The second-order valence-corrected chi connectivity index (χ2v) is 7.42. The standard InChI is InChI=1S/C21H26N2O.ClH/c1-15-9-11-16(12-10-15)21(2,3)14-20(24)23-13-5-6-17-18(22)7-4-8-19(17)23;/h4,7-12H,5-6,13-14,22H2,1-3H3;1H. The van der Waals surface area contributed by atoms with Gasteiger partial charge in [0.25, 0.3) is 0 Å². The number of halogens is 1. The minimum Gasteiger partial charge on any atom is -0.398 e. The fraction of sp³-hybridized carbons (Fsp3) is 0.381. The van der Waals surface area contributed by atoms with Crippen LogP contribution in [0.2, 0.25) is 0 Å². The first-order valence-corrected chi connectivity index (χ1v) is 8.63. The molecule has 0 atom stereocenters. The molecular weight excluding hydrogens is 332 g/mol. The van der Waals surface area contributed by atoms with Crippen molar-refractivity contribution in [2.45, 2.75) is 45.4 Å². The van der Waals surface area contributed by atoms with E-state index in [1.54, 1.807) is 0 Å². The van der Waals surface area contributed by atoms with Gasteiger partial charge < -0.3 is 10.6 Å². The third-order valence-electron chi connectivity index (χ3n) is 5.01. The van der Waals surface area contributed by atoms with Crippen LogP contribution in [0.4, 0.5) is 11.4 Å². The Labute approximate surface area is 156 Å². The van der Waals surface area contributed by atoms with Crippen LogP contribution in [0.25, 0.3) is 0 Å². The average molecular weight is 359 g/mol. The maximum Gasteiger partial charge on any atom is 0.227 e. The van der Waals surface area contributed by atoms with Crippen LogP contribution >= 0.6 is 12.4 Å². The number of carbonyl (C=O) groups is 1. The lowest BCUT2D eigenvalue weighted by molar-refractivity contribution is -0.119. The summed E-state index contributed by atoms with van der Waals surface area (Å²) in [4.78, 5) is 14.9. The fourth-order valence-electron chi connectivity index (χ4n) is 3.49. The van der Waals surface area contributed by atoms with Gasteiger partial charge in [0, 0.05) is 24.3 Å². The highest BCUT2D eigenvalue weighted by Crippen LogP contribution is 2.34. The monoisotopic (exact) mass is 358 g/mol. The molecule has 134 valence electrons. The van der Waals surface area contributed by atoms with Crippen molar-refractivity contribution in [3.05, 3.63) is 59.2 Å². The van der Waals surface area contributed by atoms with E-state index in [2.05, 4.69) is 45.0 Å². The molecule has 0 aromatic heterocycles. The summed E-state index contributed by atoms with van der Waals surface area (Å²) in [6.45, 7) is 7.13. The maximum atomic E-state index is 13.0. The molecule has 0 bridgehead atoms. The summed E-state index contributed by atoms with van der Waals surface area (Å²) in [5.41, 5.74) is 11.2. The number of fused-ring (bicyclic) bond motifs is 1. The number of anilines is 2. The van der Waals surface area contributed by atoms with Crippen molar-refractivity contribution in [2.75, 3.05) is 17.2 Å². The first kappa shape index (κ1) is 19.3. The van der Waals surface area contributed by atoms with E-state index in [9.17, 15) is 4.79 Å². The Morgan fingerprint density at radius 1 is 1.16 bits per heavy atom. The summed E-state index contributed by atoms with van der Waals surface area (Å²) in [6, 6.07) is 14.3. The molecule has 0 aliphatic carbocycles. The van der Waals surface area contributed by atoms with Gasteiger partial charge >= 0.3 is 0 Å². The van der Waals surface area contributed by atoms with Crippen molar-refractivity contribution in [3.8, 4) is 0 Å². The van der Waals surface area contributed by atoms with Crippen molar-refractivity contribution in [3.63, 3.8) is 0 Å². The van der Waals surface area contributed by atoms with E-state index in [0.717, 1.165) is 36.3 Å². The van der Waals surface area contributed by atoms with Crippen molar-refractivity contribution in [1.82, 2.24) is 0 Å². The number of carbonyl (C=O) groups excluding carboxylic acids is 1. The third kappa shape index (κ3) is 3.98. The lowest BCUT2D eigenvalue weighted by Gasteiger charge is -2.33. The average Bonchev–Trinajstić information content (AvgIpc) is 2.55. The summed E-state index contributed by atoms with van der Waals surface area (Å²) in [5, 5.41) is 0. The quantitative estimate of drug-likeness (QED) is 0.812. The fourth-order valence-corrected chi connectivity index (χ4v) is 3.49. The van der Waals surface area contributed by atoms with E-state index in [0.29, 0.717) is 6.42 Å². The molecular formula is C21H27ClN2O. The molecule has 0 saturated heterocycles. The van der Waals surface area contributed by atoms with Crippen molar-refractivity contribution < 1.29 is 4.79 Å². The summed E-state index contributed by atoms with van der Waals surface area (Å²) >= 11 is 0.